The van der Waals surface area contributed by atoms with Crippen molar-refractivity contribution < 1.29 is 14.3 Å². The number of pyridine rings is 1. The second-order valence-electron chi connectivity index (χ2n) is 6.28. The monoisotopic (exact) mass is 400 g/mol. The SMILES string of the molecule is Cn1cc(C(=O)NCc2ccc(Cl)cc2)c(=O)c2cc(/C=C/CO)cc(F)c21. The minimum Gasteiger partial charge on any atom is -0.392 e. The number of aliphatic hydroxyl groups excluding tert-OH is 1. The predicted molar refractivity (Wildman–Crippen MR) is 108 cm³/mol. The molecule has 3 rings (SSSR count). The Morgan fingerprint density at radius 1 is 1.29 bits per heavy atom. The van der Waals surface area contributed by atoms with Gasteiger partial charge in [0.15, 0.2) is 0 Å². The Kier molecular flexibility index (Phi) is 5.92. The van der Waals surface area contributed by atoms with Crippen molar-refractivity contribution in [1.29, 1.82) is 0 Å². The second-order valence-corrected chi connectivity index (χ2v) is 6.71. The zero-order valence-corrected chi connectivity index (χ0v) is 15.8. The fourth-order valence-corrected chi connectivity index (χ4v) is 3.07. The van der Waals surface area contributed by atoms with Crippen LogP contribution in [0, 0.1) is 5.82 Å². The van der Waals surface area contributed by atoms with Crippen LogP contribution < -0.4 is 10.7 Å². The van der Waals surface area contributed by atoms with Gasteiger partial charge in [-0.3, -0.25) is 9.59 Å². The minimum atomic E-state index is -0.581. The van der Waals surface area contributed by atoms with Crippen molar-refractivity contribution in [2.45, 2.75) is 6.54 Å². The second kappa shape index (κ2) is 8.37. The molecule has 28 heavy (non-hydrogen) atoms. The van der Waals surface area contributed by atoms with E-state index in [1.807, 2.05) is 0 Å². The van der Waals surface area contributed by atoms with E-state index in [1.54, 1.807) is 31.3 Å². The van der Waals surface area contributed by atoms with Crippen LogP contribution in [0.15, 0.2) is 53.5 Å². The molecule has 2 N–H and O–H groups in total. The molecular formula is C21H18ClFN2O3. The van der Waals surface area contributed by atoms with Gasteiger partial charge in [0, 0.05) is 24.8 Å². The summed E-state index contributed by atoms with van der Waals surface area (Å²) in [4.78, 5) is 25.4. The molecule has 144 valence electrons. The lowest BCUT2D eigenvalue weighted by Crippen LogP contribution is -2.29. The number of halogens is 2. The van der Waals surface area contributed by atoms with E-state index >= 15 is 0 Å². The summed E-state index contributed by atoms with van der Waals surface area (Å²) >= 11 is 5.84. The average Bonchev–Trinajstić information content (AvgIpc) is 2.68. The molecule has 2 aromatic carbocycles. The van der Waals surface area contributed by atoms with Crippen molar-refractivity contribution in [2.75, 3.05) is 6.61 Å². The van der Waals surface area contributed by atoms with Gasteiger partial charge in [0.25, 0.3) is 5.91 Å². The minimum absolute atomic E-state index is 0.0772. The number of hydrogen-bond donors (Lipinski definition) is 2. The highest BCUT2D eigenvalue weighted by atomic mass is 35.5. The van der Waals surface area contributed by atoms with Gasteiger partial charge in [-0.25, -0.2) is 4.39 Å². The van der Waals surface area contributed by atoms with Gasteiger partial charge in [-0.2, -0.15) is 0 Å². The molecule has 7 heteroatoms. The number of nitrogens with zero attached hydrogens (tertiary/aromatic N) is 1. The lowest BCUT2D eigenvalue weighted by Gasteiger charge is -2.11. The molecule has 0 saturated heterocycles. The van der Waals surface area contributed by atoms with Crippen LogP contribution in [0.3, 0.4) is 0 Å². The van der Waals surface area contributed by atoms with Crippen molar-refractivity contribution in [3.05, 3.63) is 86.4 Å². The molecule has 5 nitrogen and oxygen atoms in total. The van der Waals surface area contributed by atoms with E-state index in [2.05, 4.69) is 5.32 Å². The number of carbonyl (C=O) groups is 1. The quantitative estimate of drug-likeness (QED) is 0.690. The lowest BCUT2D eigenvalue weighted by molar-refractivity contribution is 0.0949. The number of fused-ring (bicyclic) bond motifs is 1. The van der Waals surface area contributed by atoms with Crippen LogP contribution in [0.25, 0.3) is 17.0 Å². The highest BCUT2D eigenvalue weighted by Crippen LogP contribution is 2.19. The topological polar surface area (TPSA) is 71.3 Å². The Morgan fingerprint density at radius 3 is 2.68 bits per heavy atom. The van der Waals surface area contributed by atoms with E-state index in [0.29, 0.717) is 10.6 Å². The van der Waals surface area contributed by atoms with Crippen LogP contribution in [-0.2, 0) is 13.6 Å². The summed E-state index contributed by atoms with van der Waals surface area (Å²) in [6.07, 6.45) is 4.27. The maximum atomic E-state index is 14.5. The molecule has 0 spiro atoms. The predicted octanol–water partition coefficient (Wildman–Crippen LogP) is 3.27. The highest BCUT2D eigenvalue weighted by Gasteiger charge is 2.17. The maximum absolute atomic E-state index is 14.5. The van der Waals surface area contributed by atoms with Gasteiger partial charge in [0.2, 0.25) is 5.43 Å². The van der Waals surface area contributed by atoms with Crippen molar-refractivity contribution in [3.8, 4) is 0 Å². The van der Waals surface area contributed by atoms with E-state index in [0.717, 1.165) is 5.56 Å². The summed E-state index contributed by atoms with van der Waals surface area (Å²) in [5, 5.41) is 12.3. The molecule has 0 radical (unpaired) electrons. The van der Waals surface area contributed by atoms with E-state index in [1.165, 1.54) is 35.0 Å². The third-order valence-corrected chi connectivity index (χ3v) is 4.53. The number of aliphatic hydroxyl groups is 1. The fraction of sp³-hybridized carbons (Fsp3) is 0.143. The first-order valence-corrected chi connectivity index (χ1v) is 8.91. The molecule has 1 amide bonds. The van der Waals surface area contributed by atoms with E-state index in [9.17, 15) is 14.0 Å². The van der Waals surface area contributed by atoms with Crippen LogP contribution in [0.5, 0.6) is 0 Å². The van der Waals surface area contributed by atoms with Gasteiger partial charge < -0.3 is 15.0 Å². The van der Waals surface area contributed by atoms with Gasteiger partial charge >= 0.3 is 0 Å². The number of amides is 1. The molecule has 0 fully saturated rings. The third-order valence-electron chi connectivity index (χ3n) is 4.28. The molecule has 0 bridgehead atoms. The first-order chi connectivity index (χ1) is 13.4. The van der Waals surface area contributed by atoms with Gasteiger partial charge in [0.05, 0.1) is 17.5 Å². The largest absolute Gasteiger partial charge is 0.392 e. The Bertz CT molecular complexity index is 1120. The molecule has 1 heterocycles. The molecular weight excluding hydrogens is 383 g/mol. The van der Waals surface area contributed by atoms with Crippen LogP contribution in [-0.4, -0.2) is 22.2 Å². The van der Waals surface area contributed by atoms with E-state index in [4.69, 9.17) is 16.7 Å². The molecule has 3 aromatic rings. The summed E-state index contributed by atoms with van der Waals surface area (Å²) in [6, 6.07) is 9.74. The number of benzene rings is 2. The molecule has 0 aliphatic rings. The number of nitrogens with one attached hydrogen (secondary N) is 1. The van der Waals surface area contributed by atoms with Crippen molar-refractivity contribution in [3.63, 3.8) is 0 Å². The molecule has 0 saturated carbocycles. The number of rotatable bonds is 5. The Morgan fingerprint density at radius 2 is 2.00 bits per heavy atom. The Balaban J connectivity index is 1.97. The van der Waals surface area contributed by atoms with Crippen LogP contribution >= 0.6 is 11.6 Å². The Labute approximate surface area is 165 Å². The zero-order chi connectivity index (χ0) is 20.3. The van der Waals surface area contributed by atoms with E-state index < -0.39 is 17.2 Å². The van der Waals surface area contributed by atoms with Gasteiger partial charge in [-0.1, -0.05) is 35.9 Å². The summed E-state index contributed by atoms with van der Waals surface area (Å²) < 4.78 is 15.9. The van der Waals surface area contributed by atoms with E-state index in [-0.39, 0.29) is 29.6 Å². The average molecular weight is 401 g/mol. The molecule has 1 aromatic heterocycles. The number of hydrogen-bond acceptors (Lipinski definition) is 3. The van der Waals surface area contributed by atoms with Crippen LogP contribution in [0.2, 0.25) is 5.02 Å². The standard InChI is InChI=1S/C21H18ClFN2O3/c1-25-12-17(21(28)24-11-13-4-6-15(22)7-5-13)20(27)16-9-14(3-2-8-26)10-18(23)19(16)25/h2-7,9-10,12,26H,8,11H2,1H3,(H,24,28)/b3-2+. The normalized spacial score (nSPS) is 11.3. The number of aromatic nitrogens is 1. The fourth-order valence-electron chi connectivity index (χ4n) is 2.94. The molecule has 0 unspecified atom stereocenters. The van der Waals surface area contributed by atoms with Gasteiger partial charge in [-0.15, -0.1) is 0 Å². The highest BCUT2D eigenvalue weighted by molar-refractivity contribution is 6.30. The van der Waals surface area contributed by atoms with Crippen molar-refractivity contribution >= 4 is 34.5 Å². The summed E-state index contributed by atoms with van der Waals surface area (Å²) in [7, 11) is 1.57. The van der Waals surface area contributed by atoms with Crippen LogP contribution in [0.4, 0.5) is 4.39 Å². The molecule has 0 aliphatic heterocycles. The summed E-state index contributed by atoms with van der Waals surface area (Å²) in [5.41, 5.74) is 0.736. The first kappa shape index (κ1) is 19.8. The van der Waals surface area contributed by atoms with Crippen LogP contribution in [0.1, 0.15) is 21.5 Å². The number of aryl methyl sites for hydroxylation is 1. The Hall–Kier alpha value is -2.96. The first-order valence-electron chi connectivity index (χ1n) is 8.53. The van der Waals surface area contributed by atoms with Gasteiger partial charge in [0.1, 0.15) is 11.4 Å². The lowest BCUT2D eigenvalue weighted by atomic mass is 10.1. The maximum Gasteiger partial charge on any atom is 0.257 e. The summed E-state index contributed by atoms with van der Waals surface area (Å²) in [6.45, 7) is 0.0235. The van der Waals surface area contributed by atoms with Crippen molar-refractivity contribution in [2.24, 2.45) is 7.05 Å². The zero-order valence-electron chi connectivity index (χ0n) is 15.1. The summed E-state index contributed by atoms with van der Waals surface area (Å²) in [5.74, 6) is -1.13. The molecule has 0 aliphatic carbocycles. The smallest absolute Gasteiger partial charge is 0.257 e. The third kappa shape index (κ3) is 4.13. The van der Waals surface area contributed by atoms with Gasteiger partial charge in [-0.05, 0) is 35.4 Å². The van der Waals surface area contributed by atoms with Crippen molar-refractivity contribution in [1.82, 2.24) is 9.88 Å². The molecule has 0 atom stereocenters. The number of carbonyl (C=O) groups excluding carboxylic acids is 1.